The van der Waals surface area contributed by atoms with Crippen molar-refractivity contribution in [3.8, 4) is 16.9 Å². The third-order valence-electron chi connectivity index (χ3n) is 5.02. The van der Waals surface area contributed by atoms with E-state index in [2.05, 4.69) is 30.4 Å². The highest BCUT2D eigenvalue weighted by atomic mass is 19.1. The molecule has 4 heterocycles. The summed E-state index contributed by atoms with van der Waals surface area (Å²) in [4.78, 5) is 10.7. The number of aromatic nitrogens is 6. The van der Waals surface area contributed by atoms with Gasteiger partial charge >= 0.3 is 0 Å². The van der Waals surface area contributed by atoms with Gasteiger partial charge in [-0.25, -0.2) is 14.1 Å². The molecule has 1 saturated heterocycles. The maximum atomic E-state index is 14.2. The van der Waals surface area contributed by atoms with E-state index in [0.29, 0.717) is 36.2 Å². The molecule has 0 radical (unpaired) electrons. The van der Waals surface area contributed by atoms with Gasteiger partial charge in [-0.1, -0.05) is 0 Å². The van der Waals surface area contributed by atoms with Crippen molar-refractivity contribution in [1.82, 2.24) is 29.5 Å². The summed E-state index contributed by atoms with van der Waals surface area (Å²) in [6.45, 7) is 2.96. The second-order valence-electron chi connectivity index (χ2n) is 7.18. The van der Waals surface area contributed by atoms with E-state index in [9.17, 15) is 4.39 Å². The molecular weight excluding hydrogens is 399 g/mol. The Hall–Kier alpha value is -3.79. The molecule has 0 amide bonds. The lowest BCUT2D eigenvalue weighted by Crippen LogP contribution is -2.37. The average Bonchev–Trinajstić information content (AvgIpc) is 3.46. The fourth-order valence-corrected chi connectivity index (χ4v) is 3.39. The SMILES string of the molecule is Cn1ccc(-c2cc(Nc3ccc(-n4cnc(N5CCOCC5)n4)cc3)ncc2F)n1. The number of rotatable bonds is 5. The molecule has 0 aliphatic carbocycles. The summed E-state index contributed by atoms with van der Waals surface area (Å²) in [6, 6.07) is 11.1. The summed E-state index contributed by atoms with van der Waals surface area (Å²) >= 11 is 0. The lowest BCUT2D eigenvalue weighted by atomic mass is 10.2. The molecular formula is C21H21FN8O. The van der Waals surface area contributed by atoms with Gasteiger partial charge in [0.1, 0.15) is 12.1 Å². The van der Waals surface area contributed by atoms with E-state index in [1.54, 1.807) is 41.1 Å². The molecule has 5 rings (SSSR count). The predicted octanol–water partition coefficient (Wildman–Crippen LogP) is 2.78. The first-order valence-corrected chi connectivity index (χ1v) is 9.93. The molecule has 0 unspecified atom stereocenters. The third kappa shape index (κ3) is 4.10. The monoisotopic (exact) mass is 420 g/mol. The number of pyridine rings is 1. The van der Waals surface area contributed by atoms with Gasteiger partial charge in [0.25, 0.3) is 0 Å². The number of nitrogens with one attached hydrogen (secondary N) is 1. The summed E-state index contributed by atoms with van der Waals surface area (Å²) < 4.78 is 23.0. The molecule has 10 heteroatoms. The van der Waals surface area contributed by atoms with Crippen LogP contribution in [-0.4, -0.2) is 55.8 Å². The van der Waals surface area contributed by atoms with Gasteiger partial charge < -0.3 is 15.0 Å². The number of aryl methyl sites for hydroxylation is 1. The third-order valence-corrected chi connectivity index (χ3v) is 5.02. The molecule has 9 nitrogen and oxygen atoms in total. The molecule has 31 heavy (non-hydrogen) atoms. The Balaban J connectivity index is 1.31. The first-order valence-electron chi connectivity index (χ1n) is 9.93. The van der Waals surface area contributed by atoms with Gasteiger partial charge in [-0.3, -0.25) is 4.68 Å². The van der Waals surface area contributed by atoms with Crippen molar-refractivity contribution in [2.24, 2.45) is 7.05 Å². The first-order chi connectivity index (χ1) is 15.2. The standard InChI is InChI=1S/C21H21FN8O/c1-28-7-6-19(26-28)17-12-20(23-13-18(17)22)25-15-2-4-16(5-3-15)30-14-24-21(27-30)29-8-10-31-11-9-29/h2-7,12-14H,8-11H2,1H3,(H,23,25). The average molecular weight is 420 g/mol. The van der Waals surface area contributed by atoms with Crippen LogP contribution in [0.2, 0.25) is 0 Å². The number of morpholine rings is 1. The second-order valence-corrected chi connectivity index (χ2v) is 7.18. The van der Waals surface area contributed by atoms with E-state index in [4.69, 9.17) is 4.74 Å². The van der Waals surface area contributed by atoms with E-state index in [1.807, 2.05) is 24.3 Å². The minimum absolute atomic E-state index is 0.396. The van der Waals surface area contributed by atoms with E-state index >= 15 is 0 Å². The highest BCUT2D eigenvalue weighted by Crippen LogP contribution is 2.25. The van der Waals surface area contributed by atoms with Gasteiger partial charge in [0.15, 0.2) is 5.82 Å². The summed E-state index contributed by atoms with van der Waals surface area (Å²) in [7, 11) is 1.79. The van der Waals surface area contributed by atoms with Gasteiger partial charge in [0, 0.05) is 37.6 Å². The van der Waals surface area contributed by atoms with Crippen molar-refractivity contribution < 1.29 is 9.13 Å². The van der Waals surface area contributed by atoms with Crippen LogP contribution in [0.5, 0.6) is 0 Å². The molecule has 1 aliphatic heterocycles. The maximum absolute atomic E-state index is 14.2. The first kappa shape index (κ1) is 19.2. The topological polar surface area (TPSA) is 85.9 Å². The van der Waals surface area contributed by atoms with Crippen LogP contribution in [0.3, 0.4) is 0 Å². The zero-order chi connectivity index (χ0) is 21.2. The number of halogens is 1. The predicted molar refractivity (Wildman–Crippen MR) is 114 cm³/mol. The highest BCUT2D eigenvalue weighted by molar-refractivity contribution is 5.66. The second kappa shape index (κ2) is 8.15. The number of anilines is 3. The summed E-state index contributed by atoms with van der Waals surface area (Å²) in [5, 5.41) is 12.0. The molecule has 4 aromatic rings. The zero-order valence-electron chi connectivity index (χ0n) is 16.9. The fraction of sp³-hybridized carbons (Fsp3) is 0.238. The van der Waals surface area contributed by atoms with Gasteiger partial charge in [-0.2, -0.15) is 10.1 Å². The van der Waals surface area contributed by atoms with Gasteiger partial charge in [-0.05, 0) is 36.4 Å². The summed E-state index contributed by atoms with van der Waals surface area (Å²) in [5.41, 5.74) is 2.66. The summed E-state index contributed by atoms with van der Waals surface area (Å²) in [6.07, 6.45) is 4.67. The van der Waals surface area contributed by atoms with Crippen molar-refractivity contribution in [2.75, 3.05) is 36.5 Å². The van der Waals surface area contributed by atoms with Crippen molar-refractivity contribution in [1.29, 1.82) is 0 Å². The smallest absolute Gasteiger partial charge is 0.245 e. The van der Waals surface area contributed by atoms with Gasteiger partial charge in [0.2, 0.25) is 5.95 Å². The molecule has 0 saturated carbocycles. The number of hydrogen-bond donors (Lipinski definition) is 1. The van der Waals surface area contributed by atoms with Crippen LogP contribution in [0.1, 0.15) is 0 Å². The molecule has 1 aromatic carbocycles. The van der Waals surface area contributed by atoms with Crippen molar-refractivity contribution >= 4 is 17.5 Å². The molecule has 0 atom stereocenters. The Morgan fingerprint density at radius 3 is 2.58 bits per heavy atom. The van der Waals surface area contributed by atoms with Crippen molar-refractivity contribution in [3.63, 3.8) is 0 Å². The lowest BCUT2D eigenvalue weighted by Gasteiger charge is -2.25. The molecule has 1 N–H and O–H groups in total. The van der Waals surface area contributed by atoms with Gasteiger partial charge in [-0.15, -0.1) is 5.10 Å². The molecule has 0 bridgehead atoms. The lowest BCUT2D eigenvalue weighted by molar-refractivity contribution is 0.122. The maximum Gasteiger partial charge on any atom is 0.245 e. The Morgan fingerprint density at radius 1 is 1.03 bits per heavy atom. The fourth-order valence-electron chi connectivity index (χ4n) is 3.39. The van der Waals surface area contributed by atoms with Crippen LogP contribution in [0, 0.1) is 5.82 Å². The van der Waals surface area contributed by atoms with E-state index < -0.39 is 5.82 Å². The quantitative estimate of drug-likeness (QED) is 0.531. The molecule has 1 fully saturated rings. The van der Waals surface area contributed by atoms with Crippen LogP contribution >= 0.6 is 0 Å². The largest absolute Gasteiger partial charge is 0.378 e. The Labute approximate surface area is 178 Å². The zero-order valence-corrected chi connectivity index (χ0v) is 16.9. The van der Waals surface area contributed by atoms with Crippen molar-refractivity contribution in [2.45, 2.75) is 0 Å². The van der Waals surface area contributed by atoms with Crippen LogP contribution in [0.4, 0.5) is 21.8 Å². The molecule has 158 valence electrons. The van der Waals surface area contributed by atoms with E-state index in [-0.39, 0.29) is 0 Å². The number of benzene rings is 1. The molecule has 3 aromatic heterocycles. The normalized spacial score (nSPS) is 14.1. The number of hydrogen-bond acceptors (Lipinski definition) is 7. The highest BCUT2D eigenvalue weighted by Gasteiger charge is 2.15. The molecule has 0 spiro atoms. The number of nitrogens with zero attached hydrogens (tertiary/aromatic N) is 7. The van der Waals surface area contributed by atoms with Crippen LogP contribution in [0.25, 0.3) is 16.9 Å². The Kier molecular flexibility index (Phi) is 5.04. The minimum Gasteiger partial charge on any atom is -0.378 e. The Bertz CT molecular complexity index is 1180. The van der Waals surface area contributed by atoms with Crippen LogP contribution in [0.15, 0.2) is 55.1 Å². The molecule has 1 aliphatic rings. The van der Waals surface area contributed by atoms with E-state index in [0.717, 1.165) is 24.5 Å². The minimum atomic E-state index is -0.415. The number of ether oxygens (including phenoxy) is 1. The van der Waals surface area contributed by atoms with Crippen molar-refractivity contribution in [3.05, 3.63) is 60.9 Å². The summed E-state index contributed by atoms with van der Waals surface area (Å²) in [5.74, 6) is 0.815. The van der Waals surface area contributed by atoms with E-state index in [1.165, 1.54) is 6.20 Å². The Morgan fingerprint density at radius 2 is 1.84 bits per heavy atom. The van der Waals surface area contributed by atoms with Crippen LogP contribution < -0.4 is 10.2 Å². The van der Waals surface area contributed by atoms with Gasteiger partial charge in [0.05, 0.1) is 30.8 Å². The van der Waals surface area contributed by atoms with Crippen LogP contribution in [-0.2, 0) is 11.8 Å².